The van der Waals surface area contributed by atoms with Crippen molar-refractivity contribution in [2.24, 2.45) is 17.3 Å². The van der Waals surface area contributed by atoms with Gasteiger partial charge in [-0.25, -0.2) is 0 Å². The van der Waals surface area contributed by atoms with Crippen molar-refractivity contribution in [2.45, 2.75) is 59.3 Å². The Labute approximate surface area is 178 Å². The highest BCUT2D eigenvalue weighted by atomic mass is 16.5. The van der Waals surface area contributed by atoms with Crippen LogP contribution >= 0.6 is 0 Å². The van der Waals surface area contributed by atoms with Crippen LogP contribution in [-0.2, 0) is 11.2 Å². The van der Waals surface area contributed by atoms with Gasteiger partial charge < -0.3 is 14.1 Å². The van der Waals surface area contributed by atoms with E-state index in [1.807, 2.05) is 43.9 Å². The van der Waals surface area contributed by atoms with Crippen LogP contribution in [0.15, 0.2) is 22.6 Å². The molecule has 0 spiro atoms. The molecule has 1 amide bonds. The van der Waals surface area contributed by atoms with Gasteiger partial charge in [0.1, 0.15) is 11.3 Å². The molecule has 162 valence electrons. The third-order valence-corrected chi connectivity index (χ3v) is 6.86. The van der Waals surface area contributed by atoms with E-state index in [1.54, 1.807) is 7.11 Å². The Morgan fingerprint density at radius 3 is 2.57 bits per heavy atom. The number of methoxy groups -OCH3 is 1. The van der Waals surface area contributed by atoms with Gasteiger partial charge in [0.15, 0.2) is 5.76 Å². The van der Waals surface area contributed by atoms with Crippen molar-refractivity contribution in [1.82, 2.24) is 4.90 Å². The minimum atomic E-state index is -0.587. The molecule has 5 nitrogen and oxygen atoms in total. The summed E-state index contributed by atoms with van der Waals surface area (Å²) in [6.07, 6.45) is 6.44. The number of carbonyl (C=O) groups excluding carboxylic acids is 2. The molecule has 2 unspecified atom stereocenters. The summed E-state index contributed by atoms with van der Waals surface area (Å²) >= 11 is 0. The van der Waals surface area contributed by atoms with E-state index in [2.05, 4.69) is 0 Å². The monoisotopic (exact) mass is 411 g/mol. The summed E-state index contributed by atoms with van der Waals surface area (Å²) in [6.45, 7) is 7.31. The molecular formula is C25H33NO4. The Balaban J connectivity index is 1.64. The van der Waals surface area contributed by atoms with Gasteiger partial charge in [-0.05, 0) is 42.9 Å². The molecule has 1 saturated heterocycles. The molecule has 0 bridgehead atoms. The van der Waals surface area contributed by atoms with Crippen LogP contribution in [0.5, 0.6) is 5.75 Å². The second-order valence-corrected chi connectivity index (χ2v) is 9.96. The van der Waals surface area contributed by atoms with Crippen molar-refractivity contribution >= 4 is 22.7 Å². The van der Waals surface area contributed by atoms with Gasteiger partial charge in [-0.2, -0.15) is 0 Å². The molecule has 0 radical (unpaired) electrons. The fourth-order valence-corrected chi connectivity index (χ4v) is 5.04. The minimum Gasteiger partial charge on any atom is -0.497 e. The first kappa shape index (κ1) is 21.0. The molecule has 1 aromatic heterocycles. The highest BCUT2D eigenvalue weighted by Crippen LogP contribution is 2.37. The molecule has 2 atom stereocenters. The van der Waals surface area contributed by atoms with Crippen LogP contribution < -0.4 is 4.74 Å². The number of rotatable bonds is 4. The quantitative estimate of drug-likeness (QED) is 0.645. The molecule has 30 heavy (non-hydrogen) atoms. The number of nitrogens with zero attached hydrogens (tertiary/aromatic N) is 1. The minimum absolute atomic E-state index is 0.0774. The number of piperidine rings is 1. The average molecular weight is 412 g/mol. The first-order chi connectivity index (χ1) is 14.3. The third kappa shape index (κ3) is 3.99. The second kappa shape index (κ2) is 8.09. The number of fused-ring (bicyclic) bond motifs is 2. The lowest BCUT2D eigenvalue weighted by Gasteiger charge is -2.41. The van der Waals surface area contributed by atoms with Crippen LogP contribution in [-0.4, -0.2) is 36.8 Å². The van der Waals surface area contributed by atoms with Crippen molar-refractivity contribution in [1.29, 1.82) is 0 Å². The smallest absolute Gasteiger partial charge is 0.227 e. The molecular weight excluding hydrogens is 378 g/mol. The highest BCUT2D eigenvalue weighted by molar-refractivity contribution is 6.04. The molecule has 1 aliphatic carbocycles. The zero-order valence-electron chi connectivity index (χ0n) is 18.6. The van der Waals surface area contributed by atoms with Crippen molar-refractivity contribution in [3.05, 3.63) is 29.5 Å². The van der Waals surface area contributed by atoms with Gasteiger partial charge in [0.05, 0.1) is 13.5 Å². The van der Waals surface area contributed by atoms with E-state index in [0.29, 0.717) is 28.6 Å². The summed E-state index contributed by atoms with van der Waals surface area (Å²) in [5.74, 6) is 2.42. The molecule has 2 fully saturated rings. The molecule has 2 aliphatic rings. The predicted molar refractivity (Wildman–Crippen MR) is 117 cm³/mol. The van der Waals surface area contributed by atoms with E-state index >= 15 is 0 Å². The molecule has 5 heteroatoms. The van der Waals surface area contributed by atoms with E-state index in [9.17, 15) is 9.59 Å². The lowest BCUT2D eigenvalue weighted by atomic mass is 9.75. The largest absolute Gasteiger partial charge is 0.497 e. The summed E-state index contributed by atoms with van der Waals surface area (Å²) in [5.41, 5.74) is 0.729. The van der Waals surface area contributed by atoms with Crippen LogP contribution in [0.3, 0.4) is 0 Å². The average Bonchev–Trinajstić information content (AvgIpc) is 3.09. The van der Waals surface area contributed by atoms with Crippen molar-refractivity contribution in [2.75, 3.05) is 20.2 Å². The number of amides is 1. The van der Waals surface area contributed by atoms with Gasteiger partial charge in [0.2, 0.25) is 11.7 Å². The predicted octanol–water partition coefficient (Wildman–Crippen LogP) is 5.25. The summed E-state index contributed by atoms with van der Waals surface area (Å²) in [6, 6.07) is 5.50. The third-order valence-electron chi connectivity index (χ3n) is 6.86. The maximum absolute atomic E-state index is 13.3. The Morgan fingerprint density at radius 2 is 1.87 bits per heavy atom. The van der Waals surface area contributed by atoms with Crippen LogP contribution in [0.1, 0.15) is 69.0 Å². The second-order valence-electron chi connectivity index (χ2n) is 9.96. The SMILES string of the molecule is COc1ccc2oc(C(=O)C(C)(C)C)c(CC(=O)N3CCC4CCCCC4C3)c2c1. The summed E-state index contributed by atoms with van der Waals surface area (Å²) in [5, 5.41) is 0.794. The van der Waals surface area contributed by atoms with Crippen LogP contribution in [0, 0.1) is 17.3 Å². The molecule has 1 saturated carbocycles. The highest BCUT2D eigenvalue weighted by Gasteiger charge is 2.35. The molecule has 1 aliphatic heterocycles. The molecule has 2 aromatic rings. The number of hydrogen-bond donors (Lipinski definition) is 0. The first-order valence-electron chi connectivity index (χ1n) is 11.2. The summed E-state index contributed by atoms with van der Waals surface area (Å²) in [7, 11) is 1.61. The number of Topliss-reactive ketones (excluding diaryl/α,β-unsaturated/α-hetero) is 1. The van der Waals surface area contributed by atoms with Crippen LogP contribution in [0.4, 0.5) is 0 Å². The van der Waals surface area contributed by atoms with E-state index in [1.165, 1.54) is 25.7 Å². The Kier molecular flexibility index (Phi) is 5.65. The fraction of sp³-hybridized carbons (Fsp3) is 0.600. The lowest BCUT2D eigenvalue weighted by Crippen LogP contribution is -2.45. The maximum atomic E-state index is 13.3. The lowest BCUT2D eigenvalue weighted by molar-refractivity contribution is -0.133. The van der Waals surface area contributed by atoms with E-state index < -0.39 is 5.41 Å². The van der Waals surface area contributed by atoms with E-state index in [4.69, 9.17) is 9.15 Å². The molecule has 1 aromatic carbocycles. The molecule has 2 heterocycles. The maximum Gasteiger partial charge on any atom is 0.227 e. The van der Waals surface area contributed by atoms with Gasteiger partial charge in [0.25, 0.3) is 0 Å². The molecule has 0 N–H and O–H groups in total. The van der Waals surface area contributed by atoms with Crippen molar-refractivity contribution < 1.29 is 18.7 Å². The Morgan fingerprint density at radius 1 is 1.13 bits per heavy atom. The standard InChI is InChI=1S/C25H33NO4/c1-25(2,3)24(28)23-20(19-13-18(29-4)9-10-21(19)30-23)14-22(27)26-12-11-16-7-5-6-8-17(16)15-26/h9-10,13,16-17H,5-8,11-12,14-15H2,1-4H3. The van der Waals surface area contributed by atoms with Crippen LogP contribution in [0.2, 0.25) is 0 Å². The number of hydrogen-bond acceptors (Lipinski definition) is 4. The first-order valence-corrected chi connectivity index (χ1v) is 11.2. The van der Waals surface area contributed by atoms with Crippen molar-refractivity contribution in [3.8, 4) is 5.75 Å². The van der Waals surface area contributed by atoms with E-state index in [-0.39, 0.29) is 18.1 Å². The molecule has 4 rings (SSSR count). The zero-order chi connectivity index (χ0) is 21.5. The van der Waals surface area contributed by atoms with Gasteiger partial charge in [-0.1, -0.05) is 40.0 Å². The van der Waals surface area contributed by atoms with E-state index in [0.717, 1.165) is 30.8 Å². The number of furan rings is 1. The Bertz CT molecular complexity index is 952. The van der Waals surface area contributed by atoms with Crippen LogP contribution in [0.25, 0.3) is 11.0 Å². The van der Waals surface area contributed by atoms with Crippen molar-refractivity contribution in [3.63, 3.8) is 0 Å². The van der Waals surface area contributed by atoms with Gasteiger partial charge in [-0.3, -0.25) is 9.59 Å². The topological polar surface area (TPSA) is 59.8 Å². The number of likely N-dealkylation sites (tertiary alicyclic amines) is 1. The number of benzene rings is 1. The zero-order valence-corrected chi connectivity index (χ0v) is 18.6. The summed E-state index contributed by atoms with van der Waals surface area (Å²) < 4.78 is 11.4. The number of ketones is 1. The number of carbonyl (C=O) groups is 2. The Hall–Kier alpha value is -2.30. The summed E-state index contributed by atoms with van der Waals surface area (Å²) in [4.78, 5) is 28.4. The van der Waals surface area contributed by atoms with Gasteiger partial charge in [0, 0.05) is 29.5 Å². The fourth-order valence-electron chi connectivity index (χ4n) is 5.04. The number of ether oxygens (including phenoxy) is 1. The van der Waals surface area contributed by atoms with Gasteiger partial charge >= 0.3 is 0 Å². The van der Waals surface area contributed by atoms with Gasteiger partial charge in [-0.15, -0.1) is 0 Å². The normalized spacial score (nSPS) is 22.1.